The molecule has 0 atom stereocenters. The maximum Gasteiger partial charge on any atom is 0.0830 e. The monoisotopic (exact) mass is 168 g/mol. The summed E-state index contributed by atoms with van der Waals surface area (Å²) >= 11 is 4.13. The Morgan fingerprint density at radius 2 is 1.91 bits per heavy atom. The maximum absolute atomic E-state index is 11.6. The molecule has 0 saturated heterocycles. The van der Waals surface area contributed by atoms with Crippen LogP contribution in [0.2, 0.25) is 0 Å². The number of hydrogen-bond acceptors (Lipinski definition) is 1. The second-order valence-electron chi connectivity index (χ2n) is 2.23. The molecular weight excluding hydrogens is 159 g/mol. The van der Waals surface area contributed by atoms with Crippen molar-refractivity contribution in [3.8, 4) is 0 Å². The van der Waals surface area contributed by atoms with E-state index in [0.29, 0.717) is 12.8 Å². The van der Waals surface area contributed by atoms with Gasteiger partial charge < -0.3 is 0 Å². The minimum Gasteiger partial charge on any atom is -0.216 e. The summed E-state index contributed by atoms with van der Waals surface area (Å²) in [4.78, 5) is 0.929. The molecule has 11 heavy (non-hydrogen) atoms. The van der Waals surface area contributed by atoms with E-state index in [4.69, 9.17) is 0 Å². The molecule has 0 fully saturated rings. The molecule has 0 aromatic heterocycles. The van der Waals surface area contributed by atoms with Crippen molar-refractivity contribution >= 4 is 12.6 Å². The third-order valence-corrected chi connectivity index (χ3v) is 1.68. The van der Waals surface area contributed by atoms with Gasteiger partial charge >= 0.3 is 0 Å². The number of allylic oxidation sites excluding steroid dienone is 1. The van der Waals surface area contributed by atoms with Gasteiger partial charge in [0.2, 0.25) is 0 Å². The molecule has 0 radical (unpaired) electrons. The van der Waals surface area contributed by atoms with Gasteiger partial charge in [-0.3, -0.25) is 0 Å². The summed E-state index contributed by atoms with van der Waals surface area (Å²) in [6, 6.07) is 7.65. The molecule has 1 rings (SSSR count). The van der Waals surface area contributed by atoms with Crippen molar-refractivity contribution in [3.05, 3.63) is 42.2 Å². The van der Waals surface area contributed by atoms with Crippen LogP contribution < -0.4 is 0 Å². The van der Waals surface area contributed by atoms with E-state index >= 15 is 0 Å². The summed E-state index contributed by atoms with van der Waals surface area (Å²) in [7, 11) is 0. The molecule has 0 spiro atoms. The first kappa shape index (κ1) is 8.34. The fourth-order valence-electron chi connectivity index (χ4n) is 0.813. The van der Waals surface area contributed by atoms with Gasteiger partial charge in [-0.1, -0.05) is 18.2 Å². The lowest BCUT2D eigenvalue weighted by atomic mass is 10.1. The number of thiol groups is 1. The van der Waals surface area contributed by atoms with E-state index < -0.39 is 0 Å². The van der Waals surface area contributed by atoms with Crippen molar-refractivity contribution in [2.75, 3.05) is 0 Å². The molecule has 0 aliphatic heterocycles. The van der Waals surface area contributed by atoms with Crippen LogP contribution in [0.1, 0.15) is 5.56 Å². The Labute approximate surface area is 71.2 Å². The fourth-order valence-corrected chi connectivity index (χ4v) is 0.962. The quantitative estimate of drug-likeness (QED) is 0.645. The Morgan fingerprint density at radius 1 is 1.27 bits per heavy atom. The van der Waals surface area contributed by atoms with Gasteiger partial charge in [-0.25, -0.2) is 4.39 Å². The van der Waals surface area contributed by atoms with Crippen LogP contribution in [-0.4, -0.2) is 0 Å². The van der Waals surface area contributed by atoms with Crippen molar-refractivity contribution < 1.29 is 4.39 Å². The largest absolute Gasteiger partial charge is 0.216 e. The van der Waals surface area contributed by atoms with Crippen LogP contribution in [0.15, 0.2) is 41.6 Å². The summed E-state index contributed by atoms with van der Waals surface area (Å²) in [5, 5.41) is 0. The number of halogens is 1. The molecule has 58 valence electrons. The van der Waals surface area contributed by atoms with Crippen molar-refractivity contribution in [1.29, 1.82) is 0 Å². The van der Waals surface area contributed by atoms with E-state index in [1.807, 2.05) is 24.3 Å². The standard InChI is InChI=1S/C9H9FS/c10-7-1-2-8-3-5-9(11)6-4-8/h1,3-7,11H,2H2. The average Bonchev–Trinajstić information content (AvgIpc) is 2.04. The average molecular weight is 168 g/mol. The Kier molecular flexibility index (Phi) is 3.17. The highest BCUT2D eigenvalue weighted by molar-refractivity contribution is 7.80. The van der Waals surface area contributed by atoms with Crippen LogP contribution >= 0.6 is 12.6 Å². The second kappa shape index (κ2) is 4.19. The van der Waals surface area contributed by atoms with Crippen molar-refractivity contribution in [1.82, 2.24) is 0 Å². The minimum atomic E-state index is 0.564. The molecule has 1 aromatic rings. The number of benzene rings is 1. The lowest BCUT2D eigenvalue weighted by molar-refractivity contribution is 0.716. The van der Waals surface area contributed by atoms with Crippen molar-refractivity contribution in [3.63, 3.8) is 0 Å². The summed E-state index contributed by atoms with van der Waals surface area (Å²) < 4.78 is 11.6. The second-order valence-corrected chi connectivity index (χ2v) is 2.75. The molecule has 0 aliphatic rings. The Balaban J connectivity index is 2.66. The number of hydrogen-bond donors (Lipinski definition) is 1. The highest BCUT2D eigenvalue weighted by Crippen LogP contribution is 2.08. The van der Waals surface area contributed by atoms with Gasteiger partial charge in [0.15, 0.2) is 0 Å². The smallest absolute Gasteiger partial charge is 0.0830 e. The molecule has 0 aliphatic carbocycles. The van der Waals surface area contributed by atoms with Gasteiger partial charge in [0.1, 0.15) is 0 Å². The molecule has 0 nitrogen and oxygen atoms in total. The van der Waals surface area contributed by atoms with Crippen LogP contribution in [0.4, 0.5) is 4.39 Å². The first-order valence-electron chi connectivity index (χ1n) is 3.36. The Morgan fingerprint density at radius 3 is 2.45 bits per heavy atom. The lowest BCUT2D eigenvalue weighted by Crippen LogP contribution is -1.78. The lowest BCUT2D eigenvalue weighted by Gasteiger charge is -1.94. The predicted octanol–water partition coefficient (Wildman–Crippen LogP) is 3.00. The van der Waals surface area contributed by atoms with E-state index in [-0.39, 0.29) is 0 Å². The zero-order chi connectivity index (χ0) is 8.10. The molecule has 2 heteroatoms. The first-order chi connectivity index (χ1) is 5.33. The van der Waals surface area contributed by atoms with Gasteiger partial charge in [-0.15, -0.1) is 12.6 Å². The number of rotatable bonds is 2. The topological polar surface area (TPSA) is 0 Å². The molecule has 0 bridgehead atoms. The molecule has 0 heterocycles. The molecule has 0 unspecified atom stereocenters. The van der Waals surface area contributed by atoms with Crippen LogP contribution in [0, 0.1) is 0 Å². The molecule has 0 N–H and O–H groups in total. The minimum absolute atomic E-state index is 0.564. The van der Waals surface area contributed by atoms with Crippen molar-refractivity contribution in [2.45, 2.75) is 11.3 Å². The van der Waals surface area contributed by atoms with E-state index in [1.165, 1.54) is 6.08 Å². The fraction of sp³-hybridized carbons (Fsp3) is 0.111. The summed E-state index contributed by atoms with van der Waals surface area (Å²) in [5.41, 5.74) is 1.09. The van der Waals surface area contributed by atoms with E-state index in [1.54, 1.807) is 0 Å². The summed E-state index contributed by atoms with van der Waals surface area (Å²) in [6.45, 7) is 0. The Hall–Kier alpha value is -0.760. The molecule has 1 aromatic carbocycles. The van der Waals surface area contributed by atoms with Crippen LogP contribution in [0.5, 0.6) is 0 Å². The van der Waals surface area contributed by atoms with Gasteiger partial charge in [0.05, 0.1) is 6.33 Å². The third-order valence-electron chi connectivity index (χ3n) is 1.38. The van der Waals surface area contributed by atoms with Gasteiger partial charge in [-0.05, 0) is 24.1 Å². The first-order valence-corrected chi connectivity index (χ1v) is 3.81. The van der Waals surface area contributed by atoms with Crippen LogP contribution in [0.25, 0.3) is 0 Å². The van der Waals surface area contributed by atoms with E-state index in [9.17, 15) is 4.39 Å². The molecule has 0 amide bonds. The van der Waals surface area contributed by atoms with E-state index in [2.05, 4.69) is 12.6 Å². The molecular formula is C9H9FS. The zero-order valence-corrected chi connectivity index (χ0v) is 6.89. The zero-order valence-electron chi connectivity index (χ0n) is 6.00. The Bertz CT molecular complexity index is 238. The van der Waals surface area contributed by atoms with Crippen LogP contribution in [0.3, 0.4) is 0 Å². The summed E-state index contributed by atoms with van der Waals surface area (Å²) in [5.74, 6) is 0. The molecule has 0 saturated carbocycles. The summed E-state index contributed by atoms with van der Waals surface area (Å²) in [6.07, 6.45) is 2.69. The predicted molar refractivity (Wildman–Crippen MR) is 47.6 cm³/mol. The van der Waals surface area contributed by atoms with E-state index in [0.717, 1.165) is 10.5 Å². The third kappa shape index (κ3) is 2.76. The van der Waals surface area contributed by atoms with Gasteiger partial charge in [-0.2, -0.15) is 0 Å². The highest BCUT2D eigenvalue weighted by atomic mass is 32.1. The van der Waals surface area contributed by atoms with Crippen molar-refractivity contribution in [2.24, 2.45) is 0 Å². The van der Waals surface area contributed by atoms with Gasteiger partial charge in [0.25, 0.3) is 0 Å². The SMILES string of the molecule is FC=CCc1ccc(S)cc1. The van der Waals surface area contributed by atoms with Crippen LogP contribution in [-0.2, 0) is 6.42 Å². The maximum atomic E-state index is 11.6. The highest BCUT2D eigenvalue weighted by Gasteiger charge is 1.87. The van der Waals surface area contributed by atoms with Gasteiger partial charge in [0, 0.05) is 4.90 Å². The normalized spacial score (nSPS) is 10.7.